The molecule has 0 unspecified atom stereocenters. The molecule has 0 aliphatic heterocycles. The fraction of sp³-hybridized carbons (Fsp3) is 0.235. The first-order valence-corrected chi connectivity index (χ1v) is 7.17. The molecular weight excluding hydrogens is 284 g/mol. The zero-order valence-corrected chi connectivity index (χ0v) is 12.9. The van der Waals surface area contributed by atoms with E-state index in [9.17, 15) is 4.79 Å². The van der Waals surface area contributed by atoms with Gasteiger partial charge in [-0.05, 0) is 17.7 Å². The Bertz CT molecular complexity index is 638. The van der Waals surface area contributed by atoms with E-state index < -0.39 is 0 Å². The van der Waals surface area contributed by atoms with Gasteiger partial charge >= 0.3 is 0 Å². The van der Waals surface area contributed by atoms with Gasteiger partial charge in [-0.25, -0.2) is 0 Å². The van der Waals surface area contributed by atoms with Gasteiger partial charge in [0.25, 0.3) is 5.91 Å². The van der Waals surface area contributed by atoms with E-state index in [2.05, 4.69) is 31.3 Å². The molecule has 110 valence electrons. The van der Waals surface area contributed by atoms with Gasteiger partial charge in [-0.15, -0.1) is 0 Å². The van der Waals surface area contributed by atoms with Crippen molar-refractivity contribution in [3.8, 4) is 0 Å². The number of halogens is 1. The van der Waals surface area contributed by atoms with Gasteiger partial charge in [0.1, 0.15) is 0 Å². The number of benzene rings is 2. The summed E-state index contributed by atoms with van der Waals surface area (Å²) in [6.45, 7) is 4.69. The Morgan fingerprint density at radius 1 is 1.14 bits per heavy atom. The minimum atomic E-state index is -0.212. The topological polar surface area (TPSA) is 55.1 Å². The van der Waals surface area contributed by atoms with Gasteiger partial charge in [0.15, 0.2) is 0 Å². The van der Waals surface area contributed by atoms with E-state index in [0.29, 0.717) is 22.8 Å². The van der Waals surface area contributed by atoms with E-state index >= 15 is 0 Å². The van der Waals surface area contributed by atoms with Crippen LogP contribution in [0.1, 0.15) is 29.8 Å². The number of nitrogens with two attached hydrogens (primary N) is 1. The van der Waals surface area contributed by atoms with E-state index in [0.717, 1.165) is 0 Å². The first-order chi connectivity index (χ1) is 9.92. The number of nitrogens with one attached hydrogen (secondary N) is 1. The molecule has 2 rings (SSSR count). The summed E-state index contributed by atoms with van der Waals surface area (Å²) in [5.74, 6) is -0.212. The third-order valence-electron chi connectivity index (χ3n) is 3.52. The van der Waals surface area contributed by atoms with E-state index in [1.165, 1.54) is 5.56 Å². The normalized spacial score (nSPS) is 11.2. The first kappa shape index (κ1) is 15.4. The summed E-state index contributed by atoms with van der Waals surface area (Å²) in [7, 11) is 0. The minimum absolute atomic E-state index is 0.163. The molecule has 2 aromatic carbocycles. The van der Waals surface area contributed by atoms with Crippen molar-refractivity contribution < 1.29 is 4.79 Å². The quantitative estimate of drug-likeness (QED) is 0.847. The maximum absolute atomic E-state index is 12.2. The van der Waals surface area contributed by atoms with Crippen molar-refractivity contribution in [2.75, 3.05) is 12.3 Å². The van der Waals surface area contributed by atoms with E-state index in [-0.39, 0.29) is 11.3 Å². The minimum Gasteiger partial charge on any atom is -0.398 e. The molecule has 0 heterocycles. The number of carbonyl (C=O) groups is 1. The fourth-order valence-corrected chi connectivity index (χ4v) is 2.32. The van der Waals surface area contributed by atoms with Gasteiger partial charge in [-0.2, -0.15) is 0 Å². The number of rotatable bonds is 4. The Morgan fingerprint density at radius 2 is 1.81 bits per heavy atom. The second-order valence-electron chi connectivity index (χ2n) is 5.64. The van der Waals surface area contributed by atoms with Crippen LogP contribution >= 0.6 is 11.6 Å². The number of nitrogen functional groups attached to an aromatic ring is 1. The molecule has 3 N–H and O–H groups in total. The summed E-state index contributed by atoms with van der Waals surface area (Å²) in [6.07, 6.45) is 0. The van der Waals surface area contributed by atoms with Crippen LogP contribution in [0.15, 0.2) is 48.5 Å². The Morgan fingerprint density at radius 3 is 2.48 bits per heavy atom. The molecule has 0 fully saturated rings. The molecule has 0 aliphatic carbocycles. The summed E-state index contributed by atoms with van der Waals surface area (Å²) in [5, 5.41) is 3.23. The van der Waals surface area contributed by atoms with Gasteiger partial charge in [0.05, 0.1) is 16.3 Å². The highest BCUT2D eigenvalue weighted by molar-refractivity contribution is 6.36. The summed E-state index contributed by atoms with van der Waals surface area (Å²) in [4.78, 5) is 12.2. The molecule has 4 heteroatoms. The molecule has 0 spiro atoms. The second kappa shape index (κ2) is 6.19. The summed E-state index contributed by atoms with van der Waals surface area (Å²) in [5.41, 5.74) is 7.54. The Hall–Kier alpha value is -2.00. The molecule has 3 nitrogen and oxygen atoms in total. The molecule has 2 aromatic rings. The van der Waals surface area contributed by atoms with Crippen molar-refractivity contribution in [2.24, 2.45) is 0 Å². The van der Waals surface area contributed by atoms with E-state index in [1.807, 2.05) is 18.2 Å². The SMILES string of the molecule is CC(C)(CNC(=O)c1cccc(N)c1Cl)c1ccccc1. The third-order valence-corrected chi connectivity index (χ3v) is 3.94. The molecule has 0 saturated carbocycles. The van der Waals surface area contributed by atoms with Crippen LogP contribution in [0.25, 0.3) is 0 Å². The molecule has 0 radical (unpaired) electrons. The smallest absolute Gasteiger partial charge is 0.252 e. The van der Waals surface area contributed by atoms with E-state index in [1.54, 1.807) is 18.2 Å². The van der Waals surface area contributed by atoms with Crippen molar-refractivity contribution in [3.05, 3.63) is 64.7 Å². The molecule has 0 saturated heterocycles. The molecular formula is C17H19ClN2O. The average Bonchev–Trinajstić information content (AvgIpc) is 2.49. The average molecular weight is 303 g/mol. The zero-order chi connectivity index (χ0) is 15.5. The molecule has 0 bridgehead atoms. The number of amides is 1. The van der Waals surface area contributed by atoms with E-state index in [4.69, 9.17) is 17.3 Å². The number of hydrogen-bond donors (Lipinski definition) is 2. The molecule has 1 amide bonds. The van der Waals surface area contributed by atoms with Crippen molar-refractivity contribution in [1.29, 1.82) is 0 Å². The number of hydrogen-bond acceptors (Lipinski definition) is 2. The van der Waals surface area contributed by atoms with Crippen LogP contribution in [0.3, 0.4) is 0 Å². The largest absolute Gasteiger partial charge is 0.398 e. The monoisotopic (exact) mass is 302 g/mol. The Labute approximate surface area is 130 Å². The number of carbonyl (C=O) groups excluding carboxylic acids is 1. The van der Waals surface area contributed by atoms with Gasteiger partial charge in [-0.3, -0.25) is 4.79 Å². The lowest BCUT2D eigenvalue weighted by molar-refractivity contribution is 0.0946. The standard InChI is InChI=1S/C17H19ClN2O/c1-17(2,12-7-4-3-5-8-12)11-20-16(21)13-9-6-10-14(19)15(13)18/h3-10H,11,19H2,1-2H3,(H,20,21). The van der Waals surface area contributed by atoms with Crippen LogP contribution in [0.4, 0.5) is 5.69 Å². The highest BCUT2D eigenvalue weighted by Crippen LogP contribution is 2.24. The highest BCUT2D eigenvalue weighted by Gasteiger charge is 2.22. The van der Waals surface area contributed by atoms with Crippen molar-refractivity contribution in [2.45, 2.75) is 19.3 Å². The van der Waals surface area contributed by atoms with Crippen LogP contribution in [0.2, 0.25) is 5.02 Å². The summed E-state index contributed by atoms with van der Waals surface area (Å²) < 4.78 is 0. The Balaban J connectivity index is 2.09. The predicted molar refractivity (Wildman–Crippen MR) is 87.7 cm³/mol. The first-order valence-electron chi connectivity index (χ1n) is 6.79. The summed E-state index contributed by atoms with van der Waals surface area (Å²) in [6, 6.07) is 15.1. The molecule has 0 aromatic heterocycles. The van der Waals surface area contributed by atoms with Gasteiger partial charge in [-0.1, -0.05) is 61.8 Å². The fourth-order valence-electron chi connectivity index (χ4n) is 2.11. The van der Waals surface area contributed by atoms with Gasteiger partial charge < -0.3 is 11.1 Å². The lowest BCUT2D eigenvalue weighted by Crippen LogP contribution is -2.36. The van der Waals surface area contributed by atoms with Gasteiger partial charge in [0, 0.05) is 12.0 Å². The van der Waals surface area contributed by atoms with Crippen LogP contribution < -0.4 is 11.1 Å². The van der Waals surface area contributed by atoms with Crippen LogP contribution in [-0.4, -0.2) is 12.5 Å². The molecule has 0 atom stereocenters. The maximum Gasteiger partial charge on any atom is 0.252 e. The lowest BCUT2D eigenvalue weighted by atomic mass is 9.84. The van der Waals surface area contributed by atoms with Crippen molar-refractivity contribution >= 4 is 23.2 Å². The second-order valence-corrected chi connectivity index (χ2v) is 6.02. The molecule has 0 aliphatic rings. The predicted octanol–water partition coefficient (Wildman–Crippen LogP) is 3.63. The number of anilines is 1. The Kier molecular flexibility index (Phi) is 4.53. The third kappa shape index (κ3) is 3.56. The van der Waals surface area contributed by atoms with Crippen LogP contribution in [0.5, 0.6) is 0 Å². The van der Waals surface area contributed by atoms with Crippen LogP contribution in [0, 0.1) is 0 Å². The lowest BCUT2D eigenvalue weighted by Gasteiger charge is -2.25. The highest BCUT2D eigenvalue weighted by atomic mass is 35.5. The zero-order valence-electron chi connectivity index (χ0n) is 12.2. The van der Waals surface area contributed by atoms with Gasteiger partial charge in [0.2, 0.25) is 0 Å². The summed E-state index contributed by atoms with van der Waals surface area (Å²) >= 11 is 6.07. The molecule has 21 heavy (non-hydrogen) atoms. The van der Waals surface area contributed by atoms with Crippen molar-refractivity contribution in [1.82, 2.24) is 5.32 Å². The van der Waals surface area contributed by atoms with Crippen LogP contribution in [-0.2, 0) is 5.41 Å². The van der Waals surface area contributed by atoms with Crippen molar-refractivity contribution in [3.63, 3.8) is 0 Å². The maximum atomic E-state index is 12.2.